The number of carbonyl (C=O) groups excluding carboxylic acids is 1. The van der Waals surface area contributed by atoms with Gasteiger partial charge < -0.3 is 4.74 Å². The molecule has 0 N–H and O–H groups in total. The number of hydrogen-bond donors (Lipinski definition) is 0. The molecule has 0 amide bonds. The van der Waals surface area contributed by atoms with E-state index in [1.54, 1.807) is 0 Å². The van der Waals surface area contributed by atoms with E-state index >= 15 is 0 Å². The van der Waals surface area contributed by atoms with Crippen molar-refractivity contribution < 1.29 is 27.1 Å². The summed E-state index contributed by atoms with van der Waals surface area (Å²) in [4.78, 5) is 12.3. The van der Waals surface area contributed by atoms with E-state index in [1.165, 1.54) is 6.92 Å². The molecule has 24 heavy (non-hydrogen) atoms. The zero-order valence-electron chi connectivity index (χ0n) is 14.0. The Morgan fingerprint density at radius 2 is 1.75 bits per heavy atom. The van der Waals surface area contributed by atoms with E-state index in [-0.39, 0.29) is 28.3 Å². The monoisotopic (exact) mass is 366 g/mol. The van der Waals surface area contributed by atoms with Crippen molar-refractivity contribution in [3.05, 3.63) is 23.5 Å². The lowest BCUT2D eigenvalue weighted by Gasteiger charge is -2.16. The molecular formula is C17H22F4O2S. The number of thioether (sulfide) groups is 1. The maximum atomic E-state index is 14.0. The van der Waals surface area contributed by atoms with Gasteiger partial charge in [0.25, 0.3) is 6.43 Å². The highest BCUT2D eigenvalue weighted by atomic mass is 32.2. The molecule has 136 valence electrons. The van der Waals surface area contributed by atoms with Crippen LogP contribution in [0.25, 0.3) is 0 Å². The van der Waals surface area contributed by atoms with E-state index in [1.807, 2.05) is 13.8 Å². The lowest BCUT2D eigenvalue weighted by atomic mass is 9.99. The van der Waals surface area contributed by atoms with Crippen molar-refractivity contribution in [2.24, 2.45) is 5.92 Å². The van der Waals surface area contributed by atoms with Crippen molar-refractivity contribution in [2.45, 2.75) is 63.3 Å². The Morgan fingerprint density at radius 3 is 2.25 bits per heavy atom. The molecular weight excluding hydrogens is 344 g/mol. The Hall–Kier alpha value is -1.24. The zero-order chi connectivity index (χ0) is 18.3. The van der Waals surface area contributed by atoms with Crippen molar-refractivity contribution in [1.82, 2.24) is 0 Å². The van der Waals surface area contributed by atoms with Crippen molar-refractivity contribution in [1.29, 1.82) is 0 Å². The normalized spacial score (nSPS) is 12.7. The summed E-state index contributed by atoms with van der Waals surface area (Å²) in [5.74, 6) is -2.02. The molecule has 0 aliphatic heterocycles. The van der Waals surface area contributed by atoms with Crippen LogP contribution in [0, 0.1) is 18.7 Å². The topological polar surface area (TPSA) is 26.3 Å². The number of ether oxygens (including phenoxy) is 1. The summed E-state index contributed by atoms with van der Waals surface area (Å²) >= 11 is 0.283. The first-order valence-electron chi connectivity index (χ1n) is 7.90. The first-order valence-corrected chi connectivity index (χ1v) is 8.78. The van der Waals surface area contributed by atoms with Crippen LogP contribution in [0.3, 0.4) is 0 Å². The Morgan fingerprint density at radius 1 is 1.17 bits per heavy atom. The number of alkyl halides is 3. The number of hydrogen-bond acceptors (Lipinski definition) is 3. The first kappa shape index (κ1) is 20.8. The number of carbonyl (C=O) groups is 1. The van der Waals surface area contributed by atoms with Gasteiger partial charge in [0.2, 0.25) is 5.50 Å². The van der Waals surface area contributed by atoms with Crippen LogP contribution >= 0.6 is 11.8 Å². The Bertz CT molecular complexity index is 546. The molecule has 0 radical (unpaired) electrons. The standard InChI is InChI=1S/C17H22F4O2S/c1-4-6-11(7-5-2)17(22)23-13-9-14(10(3)8-12(13)18)24-16(21)15(19)20/h8-9,11,15-16H,4-7H2,1-3H3. The second-order valence-electron chi connectivity index (χ2n) is 5.55. The quantitative estimate of drug-likeness (QED) is 0.235. The molecule has 1 aromatic rings. The highest BCUT2D eigenvalue weighted by molar-refractivity contribution is 7.99. The van der Waals surface area contributed by atoms with Crippen LogP contribution in [0.5, 0.6) is 5.75 Å². The number of aryl methyl sites for hydroxylation is 1. The van der Waals surface area contributed by atoms with E-state index in [9.17, 15) is 22.4 Å². The lowest BCUT2D eigenvalue weighted by Crippen LogP contribution is -2.21. The Labute approximate surface area is 144 Å². The fraction of sp³-hybridized carbons (Fsp3) is 0.588. The molecule has 0 fully saturated rings. The highest BCUT2D eigenvalue weighted by Gasteiger charge is 2.24. The largest absolute Gasteiger partial charge is 0.423 e. The molecule has 0 aliphatic rings. The SMILES string of the molecule is CCCC(CCC)C(=O)Oc1cc(SC(F)C(F)F)c(C)cc1F. The molecule has 0 saturated carbocycles. The average Bonchev–Trinajstić information content (AvgIpc) is 2.51. The summed E-state index contributed by atoms with van der Waals surface area (Å²) in [6, 6.07) is 2.16. The van der Waals surface area contributed by atoms with Crippen LogP contribution in [0.4, 0.5) is 17.6 Å². The molecule has 1 aromatic carbocycles. The van der Waals surface area contributed by atoms with Crippen molar-refractivity contribution in [3.8, 4) is 5.75 Å². The van der Waals surface area contributed by atoms with E-state index in [4.69, 9.17) is 4.74 Å². The fourth-order valence-corrected chi connectivity index (χ4v) is 3.05. The van der Waals surface area contributed by atoms with E-state index in [0.29, 0.717) is 18.4 Å². The highest BCUT2D eigenvalue weighted by Crippen LogP contribution is 2.35. The smallest absolute Gasteiger partial charge is 0.314 e. The van der Waals surface area contributed by atoms with Gasteiger partial charge in [-0.1, -0.05) is 38.5 Å². The van der Waals surface area contributed by atoms with E-state index in [2.05, 4.69) is 0 Å². The summed E-state index contributed by atoms with van der Waals surface area (Å²) < 4.78 is 57.0. The molecule has 1 atom stereocenters. The zero-order valence-corrected chi connectivity index (χ0v) is 14.8. The predicted octanol–water partition coefficient (Wildman–Crippen LogP) is 5.91. The van der Waals surface area contributed by atoms with Gasteiger partial charge in [-0.05, 0) is 37.5 Å². The van der Waals surface area contributed by atoms with E-state index < -0.39 is 23.7 Å². The van der Waals surface area contributed by atoms with Gasteiger partial charge in [0, 0.05) is 4.90 Å². The molecule has 0 saturated heterocycles. The Balaban J connectivity index is 2.96. The molecule has 0 spiro atoms. The predicted molar refractivity (Wildman–Crippen MR) is 86.8 cm³/mol. The molecule has 0 aromatic heterocycles. The van der Waals surface area contributed by atoms with Crippen LogP contribution < -0.4 is 4.74 Å². The second kappa shape index (κ2) is 9.91. The summed E-state index contributed by atoms with van der Waals surface area (Å²) in [5.41, 5.74) is -2.12. The van der Waals surface area contributed by atoms with Crippen LogP contribution in [-0.2, 0) is 4.79 Å². The van der Waals surface area contributed by atoms with Crippen LogP contribution in [0.15, 0.2) is 17.0 Å². The number of benzene rings is 1. The minimum atomic E-state index is -3.15. The van der Waals surface area contributed by atoms with Gasteiger partial charge in [-0.2, -0.15) is 0 Å². The van der Waals surface area contributed by atoms with Gasteiger partial charge in [0.1, 0.15) is 0 Å². The molecule has 0 heterocycles. The molecule has 0 aliphatic carbocycles. The lowest BCUT2D eigenvalue weighted by molar-refractivity contribution is -0.139. The van der Waals surface area contributed by atoms with Gasteiger partial charge in [-0.3, -0.25) is 4.79 Å². The third kappa shape index (κ3) is 6.00. The molecule has 1 unspecified atom stereocenters. The Kier molecular flexibility index (Phi) is 8.59. The van der Waals surface area contributed by atoms with Crippen LogP contribution in [0.1, 0.15) is 45.1 Å². The van der Waals surface area contributed by atoms with Gasteiger partial charge >= 0.3 is 5.97 Å². The van der Waals surface area contributed by atoms with Gasteiger partial charge in [-0.25, -0.2) is 17.6 Å². The van der Waals surface area contributed by atoms with Gasteiger partial charge in [0.05, 0.1) is 5.92 Å². The fourth-order valence-electron chi connectivity index (χ4n) is 2.28. The van der Waals surface area contributed by atoms with Gasteiger partial charge in [0.15, 0.2) is 11.6 Å². The molecule has 0 bridgehead atoms. The number of rotatable bonds is 9. The minimum absolute atomic E-state index is 0.120. The molecule has 7 heteroatoms. The third-order valence-electron chi connectivity index (χ3n) is 3.49. The first-order chi connectivity index (χ1) is 11.3. The third-order valence-corrected chi connectivity index (χ3v) is 4.61. The average molecular weight is 366 g/mol. The summed E-state index contributed by atoms with van der Waals surface area (Å²) in [6.07, 6.45) is -0.326. The van der Waals surface area contributed by atoms with Crippen molar-refractivity contribution in [3.63, 3.8) is 0 Å². The van der Waals surface area contributed by atoms with Crippen molar-refractivity contribution in [2.75, 3.05) is 0 Å². The number of halogens is 4. The minimum Gasteiger partial charge on any atom is -0.423 e. The molecule has 1 rings (SSSR count). The maximum Gasteiger partial charge on any atom is 0.314 e. The van der Waals surface area contributed by atoms with E-state index in [0.717, 1.165) is 25.0 Å². The summed E-state index contributed by atoms with van der Waals surface area (Å²) in [7, 11) is 0. The summed E-state index contributed by atoms with van der Waals surface area (Å²) in [5, 5.41) is 0. The molecule has 2 nitrogen and oxygen atoms in total. The van der Waals surface area contributed by atoms with Crippen LogP contribution in [-0.4, -0.2) is 17.9 Å². The second-order valence-corrected chi connectivity index (χ2v) is 6.67. The van der Waals surface area contributed by atoms with Gasteiger partial charge in [-0.15, -0.1) is 0 Å². The summed E-state index contributed by atoms with van der Waals surface area (Å²) in [6.45, 7) is 5.35. The van der Waals surface area contributed by atoms with Crippen LogP contribution in [0.2, 0.25) is 0 Å². The number of esters is 1. The van der Waals surface area contributed by atoms with Crippen molar-refractivity contribution >= 4 is 17.7 Å². The maximum absolute atomic E-state index is 14.0.